The maximum atomic E-state index is 12.0. The number of nitrogens with two attached hydrogens (primary N) is 1. The van der Waals surface area contributed by atoms with E-state index in [1.807, 2.05) is 30.3 Å². The Kier molecular flexibility index (Phi) is 5.11. The molecule has 3 N–H and O–H groups in total. The largest absolute Gasteiger partial charge is 0.322 e. The first-order valence-corrected chi connectivity index (χ1v) is 7.15. The standard InChI is InChI=1S/C14H13BrClN3O/c15-10-7-12(13(16)18-8-10)19-14(20)11(17)6-9-4-2-1-3-5-9/h1-5,7-8,11H,6,17H2,(H,19,20)/t11-/m0/s1. The van der Waals surface area contributed by atoms with Crippen LogP contribution in [0.3, 0.4) is 0 Å². The van der Waals surface area contributed by atoms with Crippen LogP contribution in [-0.4, -0.2) is 16.9 Å². The molecule has 0 spiro atoms. The number of rotatable bonds is 4. The van der Waals surface area contributed by atoms with Gasteiger partial charge in [0.1, 0.15) is 0 Å². The molecule has 0 aliphatic rings. The predicted octanol–water partition coefficient (Wildman–Crippen LogP) is 3.01. The van der Waals surface area contributed by atoms with Gasteiger partial charge in [-0.1, -0.05) is 41.9 Å². The smallest absolute Gasteiger partial charge is 0.241 e. The second-order valence-electron chi connectivity index (χ2n) is 4.28. The van der Waals surface area contributed by atoms with Crippen LogP contribution in [-0.2, 0) is 11.2 Å². The van der Waals surface area contributed by atoms with Crippen molar-refractivity contribution in [3.05, 3.63) is 57.8 Å². The van der Waals surface area contributed by atoms with Gasteiger partial charge in [0.05, 0.1) is 11.7 Å². The van der Waals surface area contributed by atoms with Crippen molar-refractivity contribution in [2.75, 3.05) is 5.32 Å². The second-order valence-corrected chi connectivity index (χ2v) is 5.55. The zero-order valence-electron chi connectivity index (χ0n) is 10.5. The molecule has 0 unspecified atom stereocenters. The molecule has 1 amide bonds. The van der Waals surface area contributed by atoms with Gasteiger partial charge in [-0.15, -0.1) is 0 Å². The van der Waals surface area contributed by atoms with Crippen LogP contribution in [0.2, 0.25) is 5.15 Å². The maximum Gasteiger partial charge on any atom is 0.241 e. The van der Waals surface area contributed by atoms with E-state index in [-0.39, 0.29) is 11.1 Å². The zero-order chi connectivity index (χ0) is 14.5. The van der Waals surface area contributed by atoms with Crippen molar-refractivity contribution in [1.29, 1.82) is 0 Å². The first-order valence-electron chi connectivity index (χ1n) is 5.97. The van der Waals surface area contributed by atoms with Gasteiger partial charge in [0, 0.05) is 10.7 Å². The molecule has 1 aromatic heterocycles. The molecule has 4 nitrogen and oxygen atoms in total. The minimum absolute atomic E-state index is 0.230. The Hall–Kier alpha value is -1.43. The molecule has 1 aromatic carbocycles. The van der Waals surface area contributed by atoms with Crippen molar-refractivity contribution >= 4 is 39.1 Å². The highest BCUT2D eigenvalue weighted by Crippen LogP contribution is 2.23. The molecule has 20 heavy (non-hydrogen) atoms. The lowest BCUT2D eigenvalue weighted by Crippen LogP contribution is -2.37. The zero-order valence-corrected chi connectivity index (χ0v) is 12.9. The van der Waals surface area contributed by atoms with Crippen molar-refractivity contribution in [1.82, 2.24) is 4.98 Å². The summed E-state index contributed by atoms with van der Waals surface area (Å²) < 4.78 is 0.730. The predicted molar refractivity (Wildman–Crippen MR) is 83.7 cm³/mol. The van der Waals surface area contributed by atoms with Crippen LogP contribution >= 0.6 is 27.5 Å². The number of nitrogens with one attached hydrogen (secondary N) is 1. The Labute approximate surface area is 130 Å². The fourth-order valence-corrected chi connectivity index (χ4v) is 2.18. The van der Waals surface area contributed by atoms with Gasteiger partial charge < -0.3 is 11.1 Å². The van der Waals surface area contributed by atoms with Gasteiger partial charge >= 0.3 is 0 Å². The molecular weight excluding hydrogens is 342 g/mol. The van der Waals surface area contributed by atoms with Gasteiger partial charge in [-0.05, 0) is 34.0 Å². The van der Waals surface area contributed by atoms with Crippen LogP contribution in [0.25, 0.3) is 0 Å². The van der Waals surface area contributed by atoms with Crippen molar-refractivity contribution in [3.63, 3.8) is 0 Å². The molecule has 1 heterocycles. The minimum Gasteiger partial charge on any atom is -0.322 e. The van der Waals surface area contributed by atoms with Crippen LogP contribution in [0.15, 0.2) is 47.1 Å². The van der Waals surface area contributed by atoms with Crippen molar-refractivity contribution < 1.29 is 4.79 Å². The topological polar surface area (TPSA) is 68.0 Å². The van der Waals surface area contributed by atoms with Crippen molar-refractivity contribution in [3.8, 4) is 0 Å². The summed E-state index contributed by atoms with van der Waals surface area (Å²) in [6.45, 7) is 0. The molecule has 0 saturated heterocycles. The fraction of sp³-hybridized carbons (Fsp3) is 0.143. The molecule has 0 fully saturated rings. The van der Waals surface area contributed by atoms with E-state index in [0.717, 1.165) is 10.0 Å². The van der Waals surface area contributed by atoms with Crippen molar-refractivity contribution in [2.45, 2.75) is 12.5 Å². The number of amides is 1. The quantitative estimate of drug-likeness (QED) is 0.829. The van der Waals surface area contributed by atoms with E-state index >= 15 is 0 Å². The van der Waals surface area contributed by atoms with E-state index < -0.39 is 6.04 Å². The molecule has 0 radical (unpaired) electrons. The Balaban J connectivity index is 2.02. The molecule has 0 aliphatic carbocycles. The molecule has 104 valence electrons. The highest BCUT2D eigenvalue weighted by molar-refractivity contribution is 9.10. The molecular formula is C14H13BrClN3O. The van der Waals surface area contributed by atoms with Crippen LogP contribution in [0.5, 0.6) is 0 Å². The van der Waals surface area contributed by atoms with Crippen molar-refractivity contribution in [2.24, 2.45) is 5.73 Å². The van der Waals surface area contributed by atoms with Crippen LogP contribution in [0.1, 0.15) is 5.56 Å². The summed E-state index contributed by atoms with van der Waals surface area (Å²) >= 11 is 9.19. The molecule has 0 aliphatic heterocycles. The number of anilines is 1. The lowest BCUT2D eigenvalue weighted by molar-refractivity contribution is -0.117. The monoisotopic (exact) mass is 353 g/mol. The summed E-state index contributed by atoms with van der Waals surface area (Å²) in [6.07, 6.45) is 2.02. The molecule has 0 bridgehead atoms. The molecule has 2 rings (SSSR count). The number of carbonyl (C=O) groups excluding carboxylic acids is 1. The van der Waals surface area contributed by atoms with Gasteiger partial charge in [0.15, 0.2) is 5.15 Å². The number of halogens is 2. The molecule has 2 aromatic rings. The Morgan fingerprint density at radius 3 is 2.80 bits per heavy atom. The third-order valence-electron chi connectivity index (χ3n) is 2.70. The van der Waals surface area contributed by atoms with Crippen LogP contribution < -0.4 is 11.1 Å². The molecule has 1 atom stereocenters. The summed E-state index contributed by atoms with van der Waals surface area (Å²) in [5.41, 5.74) is 7.35. The van der Waals surface area contributed by atoms with E-state index in [1.165, 1.54) is 0 Å². The number of hydrogen-bond donors (Lipinski definition) is 2. The third kappa shape index (κ3) is 4.03. The number of pyridine rings is 1. The van der Waals surface area contributed by atoms with Gasteiger partial charge in [-0.3, -0.25) is 4.79 Å². The second kappa shape index (κ2) is 6.83. The first-order chi connectivity index (χ1) is 9.56. The van der Waals surface area contributed by atoms with Gasteiger partial charge in [-0.25, -0.2) is 4.98 Å². The van der Waals surface area contributed by atoms with Crippen LogP contribution in [0.4, 0.5) is 5.69 Å². The van der Waals surface area contributed by atoms with E-state index in [9.17, 15) is 4.79 Å². The van der Waals surface area contributed by atoms with Gasteiger partial charge in [0.25, 0.3) is 0 Å². The number of carbonyl (C=O) groups is 1. The van der Waals surface area contributed by atoms with Crippen LogP contribution in [0, 0.1) is 0 Å². The normalized spacial score (nSPS) is 11.9. The summed E-state index contributed by atoms with van der Waals surface area (Å²) in [6, 6.07) is 10.6. The van der Waals surface area contributed by atoms with E-state index in [1.54, 1.807) is 12.3 Å². The maximum absolute atomic E-state index is 12.0. The first kappa shape index (κ1) is 15.0. The lowest BCUT2D eigenvalue weighted by atomic mass is 10.1. The summed E-state index contributed by atoms with van der Waals surface area (Å²) in [5, 5.41) is 2.91. The summed E-state index contributed by atoms with van der Waals surface area (Å²) in [5.74, 6) is -0.296. The highest BCUT2D eigenvalue weighted by Gasteiger charge is 2.16. The Morgan fingerprint density at radius 2 is 2.10 bits per heavy atom. The molecule has 6 heteroatoms. The average Bonchev–Trinajstić information content (AvgIpc) is 2.44. The summed E-state index contributed by atoms with van der Waals surface area (Å²) in [4.78, 5) is 16.0. The number of nitrogens with zero attached hydrogens (tertiary/aromatic N) is 1. The molecule has 0 saturated carbocycles. The van der Waals surface area contributed by atoms with Gasteiger partial charge in [-0.2, -0.15) is 0 Å². The Morgan fingerprint density at radius 1 is 1.40 bits per heavy atom. The number of benzene rings is 1. The van der Waals surface area contributed by atoms with Gasteiger partial charge in [0.2, 0.25) is 5.91 Å². The summed E-state index contributed by atoms with van der Waals surface area (Å²) in [7, 11) is 0. The third-order valence-corrected chi connectivity index (χ3v) is 3.43. The lowest BCUT2D eigenvalue weighted by Gasteiger charge is -2.13. The average molecular weight is 355 g/mol. The fourth-order valence-electron chi connectivity index (χ4n) is 1.70. The van der Waals surface area contributed by atoms with E-state index in [0.29, 0.717) is 12.1 Å². The highest BCUT2D eigenvalue weighted by atomic mass is 79.9. The SMILES string of the molecule is N[C@@H](Cc1ccccc1)C(=O)Nc1cc(Br)cnc1Cl. The van der Waals surface area contributed by atoms with E-state index in [4.69, 9.17) is 17.3 Å². The minimum atomic E-state index is -0.646. The Bertz CT molecular complexity index is 607. The number of hydrogen-bond acceptors (Lipinski definition) is 3. The number of aromatic nitrogens is 1. The van der Waals surface area contributed by atoms with E-state index in [2.05, 4.69) is 26.2 Å².